The first-order valence-corrected chi connectivity index (χ1v) is 8.56. The van der Waals surface area contributed by atoms with E-state index in [4.69, 9.17) is 8.83 Å². The summed E-state index contributed by atoms with van der Waals surface area (Å²) in [5, 5.41) is 7.23. The molecule has 10 heteroatoms. The van der Waals surface area contributed by atoms with Crippen molar-refractivity contribution in [1.82, 2.24) is 20.1 Å². The zero-order valence-corrected chi connectivity index (χ0v) is 13.8. The summed E-state index contributed by atoms with van der Waals surface area (Å²) in [6.07, 6.45) is -0.361. The van der Waals surface area contributed by atoms with E-state index in [2.05, 4.69) is 15.2 Å². The molecule has 0 bridgehead atoms. The Morgan fingerprint density at radius 1 is 1.23 bits per heavy atom. The standard InChI is InChI=1S/C16H17F3N4O3/c17-16(18,19)7-11-21-22-14(26-11)10-3-1-2-6-23(10)15(24)12-13(9-4-5-9)25-8-20-12/h8-10H,1-7H2. The largest absolute Gasteiger partial charge is 0.447 e. The number of halogens is 3. The third-order valence-electron chi connectivity index (χ3n) is 4.63. The van der Waals surface area contributed by atoms with Gasteiger partial charge in [0.05, 0.1) is 0 Å². The van der Waals surface area contributed by atoms with Crippen LogP contribution in [0.15, 0.2) is 15.2 Å². The number of rotatable bonds is 4. The van der Waals surface area contributed by atoms with Crippen LogP contribution in [0.25, 0.3) is 0 Å². The molecule has 26 heavy (non-hydrogen) atoms. The Balaban J connectivity index is 1.56. The number of aromatic nitrogens is 3. The fraction of sp³-hybridized carbons (Fsp3) is 0.625. The van der Waals surface area contributed by atoms with E-state index in [0.29, 0.717) is 18.7 Å². The van der Waals surface area contributed by atoms with Gasteiger partial charge in [0.25, 0.3) is 5.91 Å². The highest BCUT2D eigenvalue weighted by Crippen LogP contribution is 2.42. The van der Waals surface area contributed by atoms with E-state index in [1.54, 1.807) is 4.90 Å². The molecule has 0 radical (unpaired) electrons. The second kappa shape index (κ2) is 6.40. The number of amides is 1. The number of piperidine rings is 1. The Morgan fingerprint density at radius 3 is 2.77 bits per heavy atom. The highest BCUT2D eigenvalue weighted by Gasteiger charge is 2.39. The summed E-state index contributed by atoms with van der Waals surface area (Å²) in [6.45, 7) is 0.456. The van der Waals surface area contributed by atoms with Crippen molar-refractivity contribution in [3.05, 3.63) is 29.6 Å². The summed E-state index contributed by atoms with van der Waals surface area (Å²) in [5.41, 5.74) is 0.273. The van der Waals surface area contributed by atoms with Crippen molar-refractivity contribution in [3.63, 3.8) is 0 Å². The summed E-state index contributed by atoms with van der Waals surface area (Å²) in [6, 6.07) is -0.547. The van der Waals surface area contributed by atoms with E-state index in [1.807, 2.05) is 0 Å². The maximum Gasteiger partial charge on any atom is 0.397 e. The van der Waals surface area contributed by atoms with Crippen molar-refractivity contribution in [2.24, 2.45) is 0 Å². The zero-order valence-electron chi connectivity index (χ0n) is 13.8. The molecule has 1 aliphatic carbocycles. The van der Waals surface area contributed by atoms with Crippen LogP contribution in [0.5, 0.6) is 0 Å². The lowest BCUT2D eigenvalue weighted by atomic mass is 10.0. The molecule has 0 spiro atoms. The van der Waals surface area contributed by atoms with Gasteiger partial charge in [0.1, 0.15) is 18.2 Å². The lowest BCUT2D eigenvalue weighted by molar-refractivity contribution is -0.131. The van der Waals surface area contributed by atoms with Gasteiger partial charge in [0.2, 0.25) is 11.8 Å². The summed E-state index contributed by atoms with van der Waals surface area (Å²) in [4.78, 5) is 18.6. The third-order valence-corrected chi connectivity index (χ3v) is 4.63. The molecule has 1 aliphatic heterocycles. The van der Waals surface area contributed by atoms with Crippen molar-refractivity contribution in [1.29, 1.82) is 0 Å². The molecule has 2 aliphatic rings. The van der Waals surface area contributed by atoms with Crippen LogP contribution in [-0.2, 0) is 6.42 Å². The molecule has 2 aromatic heterocycles. The Bertz CT molecular complexity index is 797. The number of carbonyl (C=O) groups excluding carboxylic acids is 1. The van der Waals surface area contributed by atoms with Gasteiger partial charge in [-0.15, -0.1) is 10.2 Å². The highest BCUT2D eigenvalue weighted by atomic mass is 19.4. The second-order valence-corrected chi connectivity index (χ2v) is 6.68. The SMILES string of the molecule is O=C(c1ncoc1C1CC1)N1CCCCC1c1nnc(CC(F)(F)F)o1. The minimum atomic E-state index is -4.42. The summed E-state index contributed by atoms with van der Waals surface area (Å²) < 4.78 is 48.1. The molecule has 1 saturated carbocycles. The fourth-order valence-corrected chi connectivity index (χ4v) is 3.26. The fourth-order valence-electron chi connectivity index (χ4n) is 3.26. The van der Waals surface area contributed by atoms with Gasteiger partial charge < -0.3 is 13.7 Å². The van der Waals surface area contributed by atoms with Crippen molar-refractivity contribution < 1.29 is 26.8 Å². The first kappa shape index (κ1) is 17.0. The van der Waals surface area contributed by atoms with Gasteiger partial charge >= 0.3 is 6.18 Å². The first-order valence-electron chi connectivity index (χ1n) is 8.56. The van der Waals surface area contributed by atoms with Crippen LogP contribution >= 0.6 is 0 Å². The number of oxazole rings is 1. The average Bonchev–Trinajstić information content (AvgIpc) is 3.14. The van der Waals surface area contributed by atoms with Crippen LogP contribution in [0.4, 0.5) is 13.2 Å². The molecule has 4 rings (SSSR count). The quantitative estimate of drug-likeness (QED) is 0.820. The predicted octanol–water partition coefficient (Wildman–Crippen LogP) is 3.41. The lowest BCUT2D eigenvalue weighted by Gasteiger charge is -2.33. The monoisotopic (exact) mass is 370 g/mol. The molecular weight excluding hydrogens is 353 g/mol. The number of hydrogen-bond donors (Lipinski definition) is 0. The van der Waals surface area contributed by atoms with E-state index in [-0.39, 0.29) is 23.4 Å². The van der Waals surface area contributed by atoms with Gasteiger partial charge in [-0.3, -0.25) is 4.79 Å². The van der Waals surface area contributed by atoms with Gasteiger partial charge in [0.15, 0.2) is 12.1 Å². The normalized spacial score (nSPS) is 21.2. The maximum absolute atomic E-state index is 13.0. The topological polar surface area (TPSA) is 85.3 Å². The van der Waals surface area contributed by atoms with E-state index < -0.39 is 24.5 Å². The molecule has 1 amide bonds. The molecule has 140 valence electrons. The van der Waals surface area contributed by atoms with Gasteiger partial charge in [-0.05, 0) is 32.1 Å². The van der Waals surface area contributed by atoms with Crippen LogP contribution < -0.4 is 0 Å². The molecule has 0 aromatic carbocycles. The number of nitrogens with zero attached hydrogens (tertiary/aromatic N) is 4. The molecule has 2 fully saturated rings. The Morgan fingerprint density at radius 2 is 2.04 bits per heavy atom. The summed E-state index contributed by atoms with van der Waals surface area (Å²) >= 11 is 0. The average molecular weight is 370 g/mol. The number of alkyl halides is 3. The van der Waals surface area contributed by atoms with E-state index in [9.17, 15) is 18.0 Å². The lowest BCUT2D eigenvalue weighted by Crippen LogP contribution is -2.39. The van der Waals surface area contributed by atoms with Crippen LogP contribution in [0.3, 0.4) is 0 Å². The highest BCUT2D eigenvalue weighted by molar-refractivity contribution is 5.93. The minimum absolute atomic E-state index is 0.0359. The minimum Gasteiger partial charge on any atom is -0.447 e. The number of carbonyl (C=O) groups is 1. The molecule has 1 unspecified atom stereocenters. The number of hydrogen-bond acceptors (Lipinski definition) is 6. The molecule has 7 nitrogen and oxygen atoms in total. The third kappa shape index (κ3) is 3.45. The predicted molar refractivity (Wildman–Crippen MR) is 80.2 cm³/mol. The van der Waals surface area contributed by atoms with Crippen LogP contribution in [0.1, 0.15) is 72.1 Å². The summed E-state index contributed by atoms with van der Waals surface area (Å²) in [5.74, 6) is 0.0457. The maximum atomic E-state index is 13.0. The van der Waals surface area contributed by atoms with Crippen LogP contribution in [0, 0.1) is 0 Å². The van der Waals surface area contributed by atoms with E-state index in [1.165, 1.54) is 6.39 Å². The molecule has 1 saturated heterocycles. The van der Waals surface area contributed by atoms with E-state index >= 15 is 0 Å². The molecule has 2 aromatic rings. The van der Waals surface area contributed by atoms with Gasteiger partial charge in [-0.2, -0.15) is 13.2 Å². The van der Waals surface area contributed by atoms with Gasteiger partial charge in [0, 0.05) is 12.5 Å². The van der Waals surface area contributed by atoms with Crippen molar-refractivity contribution in [2.75, 3.05) is 6.54 Å². The van der Waals surface area contributed by atoms with Crippen LogP contribution in [-0.4, -0.2) is 38.7 Å². The molecular formula is C16H17F3N4O3. The van der Waals surface area contributed by atoms with E-state index in [0.717, 1.165) is 25.7 Å². The Hall–Kier alpha value is -2.39. The second-order valence-electron chi connectivity index (χ2n) is 6.68. The molecule has 1 atom stereocenters. The van der Waals surface area contributed by atoms with Crippen molar-refractivity contribution in [3.8, 4) is 0 Å². The van der Waals surface area contributed by atoms with Crippen molar-refractivity contribution >= 4 is 5.91 Å². The first-order chi connectivity index (χ1) is 12.4. The molecule has 0 N–H and O–H groups in total. The zero-order chi connectivity index (χ0) is 18.3. The Labute approximate surface area is 146 Å². The van der Waals surface area contributed by atoms with Crippen LogP contribution in [0.2, 0.25) is 0 Å². The van der Waals surface area contributed by atoms with Crippen molar-refractivity contribution in [2.45, 2.75) is 56.7 Å². The molecule has 3 heterocycles. The van der Waals surface area contributed by atoms with Gasteiger partial charge in [-0.25, -0.2) is 4.98 Å². The summed E-state index contributed by atoms with van der Waals surface area (Å²) in [7, 11) is 0. The Kier molecular flexibility index (Phi) is 4.20. The van der Waals surface area contributed by atoms with Gasteiger partial charge in [-0.1, -0.05) is 0 Å². The smallest absolute Gasteiger partial charge is 0.397 e. The number of likely N-dealkylation sites (tertiary alicyclic amines) is 1.